The van der Waals surface area contributed by atoms with Crippen molar-refractivity contribution in [3.63, 3.8) is 0 Å². The number of benzene rings is 1. The molecule has 8 nitrogen and oxygen atoms in total. The van der Waals surface area contributed by atoms with Crippen molar-refractivity contribution in [3.8, 4) is 11.4 Å². The van der Waals surface area contributed by atoms with Crippen LogP contribution in [0.2, 0.25) is 0 Å². The molecule has 2 aromatic rings. The number of allylic oxidation sites excluding steroid dienone is 4. The minimum absolute atomic E-state index is 0.00213. The molecule has 11 heteroatoms. The summed E-state index contributed by atoms with van der Waals surface area (Å²) < 4.78 is 64.1. The Morgan fingerprint density at radius 2 is 1.95 bits per heavy atom. The van der Waals surface area contributed by atoms with Gasteiger partial charge in [-0.1, -0.05) is 45.6 Å². The molecule has 38 heavy (non-hydrogen) atoms. The predicted molar refractivity (Wildman–Crippen MR) is 145 cm³/mol. The van der Waals surface area contributed by atoms with Crippen molar-refractivity contribution in [1.29, 1.82) is 0 Å². The molecule has 1 atom stereocenters. The summed E-state index contributed by atoms with van der Waals surface area (Å²) in [6.45, 7) is 9.08. The Balaban J connectivity index is 2.24. The van der Waals surface area contributed by atoms with Crippen LogP contribution in [0.25, 0.3) is 11.3 Å². The van der Waals surface area contributed by atoms with Crippen LogP contribution in [0.3, 0.4) is 0 Å². The molecule has 1 aromatic carbocycles. The van der Waals surface area contributed by atoms with Gasteiger partial charge in [0.25, 0.3) is 5.56 Å². The van der Waals surface area contributed by atoms with Gasteiger partial charge in [0.05, 0.1) is 24.6 Å². The number of aromatic amines is 1. The number of nitrogens with one attached hydrogen (secondary N) is 2. The molecule has 0 bridgehead atoms. The highest BCUT2D eigenvalue weighted by atomic mass is 32.2. The molecular formula is C27H33F2N3O5S. The second kappa shape index (κ2) is 10.8. The van der Waals surface area contributed by atoms with Gasteiger partial charge in [0.2, 0.25) is 10.0 Å². The minimum Gasteiger partial charge on any atom is -0.496 e. The van der Waals surface area contributed by atoms with Gasteiger partial charge < -0.3 is 4.74 Å². The highest BCUT2D eigenvalue weighted by molar-refractivity contribution is 7.88. The van der Waals surface area contributed by atoms with E-state index in [4.69, 9.17) is 4.74 Å². The summed E-state index contributed by atoms with van der Waals surface area (Å²) in [4.78, 5) is 26.3. The Kier molecular flexibility index (Phi) is 8.33. The lowest BCUT2D eigenvalue weighted by Crippen LogP contribution is -2.40. The first-order chi connectivity index (χ1) is 17.6. The second-order valence-corrected chi connectivity index (χ2v) is 12.2. The van der Waals surface area contributed by atoms with Gasteiger partial charge >= 0.3 is 5.69 Å². The molecule has 0 saturated heterocycles. The van der Waals surface area contributed by atoms with E-state index in [0.29, 0.717) is 24.0 Å². The van der Waals surface area contributed by atoms with Crippen molar-refractivity contribution in [1.82, 2.24) is 14.3 Å². The summed E-state index contributed by atoms with van der Waals surface area (Å²) in [5.74, 6) is -0.516. The zero-order valence-electron chi connectivity index (χ0n) is 22.2. The summed E-state index contributed by atoms with van der Waals surface area (Å²) in [7, 11) is -2.21. The van der Waals surface area contributed by atoms with E-state index in [1.54, 1.807) is 6.08 Å². The van der Waals surface area contributed by atoms with Crippen molar-refractivity contribution in [2.24, 2.45) is 0 Å². The SMILES string of the molecule is C=C1/C=C\C(c2c(F)c(-n3ccc(=O)[nH]c3=O)cc(C(C)(C)C)c2OC)=C/CCCC1(F)CNS(C)(=O)=O. The standard InChI is InChI=1S/C27H33F2N3O5S/c1-17-10-11-18(9-7-8-13-27(17,29)16-30-38(6,35)36)22-23(28)20(32-14-12-21(33)31-25(32)34)15-19(24(22)37-5)26(2,3)4/h9-12,14-15,30H,1,7-8,13,16H2,2-6H3,(H,31,33,34)/b11-10-,18-9+. The summed E-state index contributed by atoms with van der Waals surface area (Å²) in [5.41, 5.74) is -2.99. The maximum Gasteiger partial charge on any atom is 0.333 e. The second-order valence-electron chi connectivity index (χ2n) is 10.4. The third-order valence-corrected chi connectivity index (χ3v) is 7.05. The van der Waals surface area contributed by atoms with E-state index >= 15 is 8.78 Å². The lowest BCUT2D eigenvalue weighted by atomic mass is 9.83. The Morgan fingerprint density at radius 3 is 2.53 bits per heavy atom. The number of hydrogen-bond acceptors (Lipinski definition) is 5. The van der Waals surface area contributed by atoms with E-state index in [1.165, 1.54) is 31.5 Å². The number of rotatable bonds is 6. The fraction of sp³-hybridized carbons (Fsp3) is 0.407. The number of hydrogen-bond donors (Lipinski definition) is 2. The van der Waals surface area contributed by atoms with Crippen molar-refractivity contribution >= 4 is 15.6 Å². The molecule has 0 saturated carbocycles. The summed E-state index contributed by atoms with van der Waals surface area (Å²) in [5, 5.41) is 0. The van der Waals surface area contributed by atoms with Gasteiger partial charge in [0.1, 0.15) is 11.4 Å². The highest BCUT2D eigenvalue weighted by Crippen LogP contribution is 2.42. The van der Waals surface area contributed by atoms with Crippen LogP contribution in [0.5, 0.6) is 5.75 Å². The van der Waals surface area contributed by atoms with Crippen LogP contribution in [0.15, 0.2) is 58.3 Å². The first-order valence-electron chi connectivity index (χ1n) is 12.0. The van der Waals surface area contributed by atoms with E-state index in [9.17, 15) is 18.0 Å². The Bertz CT molecular complexity index is 1530. The van der Waals surface area contributed by atoms with E-state index in [2.05, 4.69) is 16.3 Å². The van der Waals surface area contributed by atoms with E-state index < -0.39 is 44.7 Å². The normalized spacial score (nSPS) is 21.1. The van der Waals surface area contributed by atoms with Gasteiger partial charge in [0, 0.05) is 24.4 Å². The average molecular weight is 550 g/mol. The van der Waals surface area contributed by atoms with Crippen LogP contribution in [0.1, 0.15) is 51.2 Å². The van der Waals surface area contributed by atoms with Crippen molar-refractivity contribution in [2.75, 3.05) is 19.9 Å². The van der Waals surface area contributed by atoms with Gasteiger partial charge in [-0.2, -0.15) is 0 Å². The molecule has 1 aliphatic rings. The average Bonchev–Trinajstić information content (AvgIpc) is 2.87. The number of aromatic nitrogens is 2. The quantitative estimate of drug-likeness (QED) is 0.568. The number of methoxy groups -OCH3 is 1. The van der Waals surface area contributed by atoms with Crippen LogP contribution in [0, 0.1) is 5.82 Å². The van der Waals surface area contributed by atoms with Gasteiger partial charge in [-0.15, -0.1) is 0 Å². The topological polar surface area (TPSA) is 110 Å². The third kappa shape index (κ3) is 6.39. The molecule has 1 heterocycles. The van der Waals surface area contributed by atoms with E-state index in [0.717, 1.165) is 16.9 Å². The van der Waals surface area contributed by atoms with Crippen LogP contribution in [-0.4, -0.2) is 43.5 Å². The molecule has 3 rings (SSSR count). The molecule has 1 unspecified atom stereocenters. The molecule has 1 aromatic heterocycles. The summed E-state index contributed by atoms with van der Waals surface area (Å²) >= 11 is 0. The maximum absolute atomic E-state index is 16.3. The number of alkyl halides is 1. The molecule has 1 aliphatic carbocycles. The zero-order valence-corrected chi connectivity index (χ0v) is 23.0. The number of nitrogens with zero attached hydrogens (tertiary/aromatic N) is 1. The van der Waals surface area contributed by atoms with Crippen molar-refractivity contribution in [2.45, 2.75) is 51.1 Å². The van der Waals surface area contributed by atoms with Crippen molar-refractivity contribution in [3.05, 3.63) is 86.5 Å². The lowest BCUT2D eigenvalue weighted by Gasteiger charge is -2.26. The smallest absolute Gasteiger partial charge is 0.333 e. The Labute approximate surface area is 220 Å². The molecular weight excluding hydrogens is 516 g/mol. The largest absolute Gasteiger partial charge is 0.496 e. The lowest BCUT2D eigenvalue weighted by molar-refractivity contribution is 0.202. The van der Waals surface area contributed by atoms with Gasteiger partial charge in [-0.25, -0.2) is 26.7 Å². The minimum atomic E-state index is -3.62. The molecule has 0 amide bonds. The van der Waals surface area contributed by atoms with E-state index in [1.807, 2.05) is 20.8 Å². The van der Waals surface area contributed by atoms with Crippen LogP contribution >= 0.6 is 0 Å². The number of ether oxygens (including phenoxy) is 1. The fourth-order valence-electron chi connectivity index (χ4n) is 4.28. The van der Waals surface area contributed by atoms with Crippen LogP contribution in [-0.2, 0) is 15.4 Å². The number of sulfonamides is 1. The van der Waals surface area contributed by atoms with Crippen LogP contribution in [0.4, 0.5) is 8.78 Å². The Hall–Kier alpha value is -3.31. The number of H-pyrrole nitrogens is 1. The fourth-order valence-corrected chi connectivity index (χ4v) is 4.77. The van der Waals surface area contributed by atoms with Gasteiger partial charge in [-0.05, 0) is 41.9 Å². The van der Waals surface area contributed by atoms with E-state index in [-0.39, 0.29) is 29.0 Å². The monoisotopic (exact) mass is 549 g/mol. The molecule has 2 N–H and O–H groups in total. The molecule has 0 spiro atoms. The molecule has 0 radical (unpaired) electrons. The third-order valence-electron chi connectivity index (χ3n) is 6.38. The molecule has 0 aliphatic heterocycles. The van der Waals surface area contributed by atoms with Crippen molar-refractivity contribution < 1.29 is 21.9 Å². The summed E-state index contributed by atoms with van der Waals surface area (Å²) in [6, 6.07) is 2.63. The summed E-state index contributed by atoms with van der Waals surface area (Å²) in [6.07, 6.45) is 7.49. The number of halogens is 2. The Morgan fingerprint density at radius 1 is 1.26 bits per heavy atom. The molecule has 206 valence electrons. The first kappa shape index (κ1) is 29.2. The predicted octanol–water partition coefficient (Wildman–Crippen LogP) is 3.91. The first-order valence-corrected chi connectivity index (χ1v) is 13.9. The van der Waals surface area contributed by atoms with Crippen LogP contribution < -0.4 is 20.7 Å². The molecule has 0 fully saturated rings. The highest BCUT2D eigenvalue weighted by Gasteiger charge is 2.33. The van der Waals surface area contributed by atoms with Gasteiger partial charge in [0.15, 0.2) is 5.82 Å². The maximum atomic E-state index is 16.3. The zero-order chi connectivity index (χ0) is 28.5. The van der Waals surface area contributed by atoms with Gasteiger partial charge in [-0.3, -0.25) is 14.3 Å².